The minimum Gasteiger partial charge on any atom is -0.359 e. The first-order valence-corrected chi connectivity index (χ1v) is 4.09. The van der Waals surface area contributed by atoms with E-state index in [0.717, 1.165) is 12.8 Å². The molecule has 1 aliphatic carbocycles. The second-order valence-electron chi connectivity index (χ2n) is 3.34. The number of carbonyl (C=O) groups excluding carboxylic acids is 1. The van der Waals surface area contributed by atoms with Gasteiger partial charge in [0.1, 0.15) is 5.60 Å². The Balaban J connectivity index is 1.90. The van der Waals surface area contributed by atoms with Gasteiger partial charge in [-0.25, -0.2) is 0 Å². The van der Waals surface area contributed by atoms with Gasteiger partial charge in [-0.15, -0.1) is 0 Å². The Morgan fingerprint density at radius 3 is 3.00 bits per heavy atom. The van der Waals surface area contributed by atoms with Gasteiger partial charge in [-0.1, -0.05) is 0 Å². The van der Waals surface area contributed by atoms with Gasteiger partial charge in [-0.2, -0.15) is 0 Å². The molecule has 1 aliphatic heterocycles. The Kier molecular flexibility index (Phi) is 1.58. The maximum Gasteiger partial charge on any atom is 0.223 e. The molecule has 0 aromatic carbocycles. The van der Waals surface area contributed by atoms with Crippen LogP contribution in [0.3, 0.4) is 0 Å². The quantitative estimate of drug-likeness (QED) is 0.576. The van der Waals surface area contributed by atoms with E-state index in [-0.39, 0.29) is 17.4 Å². The maximum absolute atomic E-state index is 11.1. The zero-order valence-corrected chi connectivity index (χ0v) is 6.96. The van der Waals surface area contributed by atoms with E-state index < -0.39 is 0 Å². The first kappa shape index (κ1) is 7.61. The fourth-order valence-corrected chi connectivity index (χ4v) is 1.75. The minimum atomic E-state index is -0.183. The Bertz CT molecular complexity index is 231. The summed E-state index contributed by atoms with van der Waals surface area (Å²) in [6, 6.07) is 0. The molecule has 0 atom stereocenters. The summed E-state index contributed by atoms with van der Waals surface area (Å²) in [7, 11) is 1.66. The molecule has 4 nitrogen and oxygen atoms in total. The van der Waals surface area contributed by atoms with E-state index >= 15 is 0 Å². The van der Waals surface area contributed by atoms with Gasteiger partial charge in [-0.05, 0) is 18.9 Å². The maximum atomic E-state index is 11.1. The van der Waals surface area contributed by atoms with Crippen molar-refractivity contribution in [2.45, 2.75) is 18.4 Å². The zero-order valence-electron chi connectivity index (χ0n) is 6.96. The molecule has 2 N–H and O–H groups in total. The van der Waals surface area contributed by atoms with E-state index in [1.165, 1.54) is 0 Å². The van der Waals surface area contributed by atoms with Crippen molar-refractivity contribution in [1.29, 1.82) is 0 Å². The van der Waals surface area contributed by atoms with Crippen molar-refractivity contribution in [3.8, 4) is 0 Å². The number of amides is 1. The van der Waals surface area contributed by atoms with Crippen LogP contribution in [0.25, 0.3) is 0 Å². The highest BCUT2D eigenvalue weighted by Gasteiger charge is 2.48. The molecule has 0 saturated heterocycles. The molecule has 0 aromatic rings. The van der Waals surface area contributed by atoms with Crippen LogP contribution in [0, 0.1) is 5.92 Å². The predicted octanol–water partition coefficient (Wildman–Crippen LogP) is -0.0703. The van der Waals surface area contributed by atoms with Crippen molar-refractivity contribution in [3.05, 3.63) is 12.3 Å². The number of carbonyl (C=O) groups is 1. The average molecular weight is 168 g/mol. The lowest BCUT2D eigenvalue weighted by molar-refractivity contribution is -0.146. The standard InChI is InChI=1S/C8H12N2O2/c1-9-7(11)6-4-8(5-6)2-3-10-12-8/h2-3,6,10H,4-5H2,1H3,(H,9,11). The van der Waals surface area contributed by atoms with Crippen molar-refractivity contribution in [1.82, 2.24) is 10.8 Å². The first-order chi connectivity index (χ1) is 5.76. The molecule has 12 heavy (non-hydrogen) atoms. The fraction of sp³-hybridized carbons (Fsp3) is 0.625. The normalized spacial score (nSPS) is 37.6. The van der Waals surface area contributed by atoms with Crippen molar-refractivity contribution in [2.24, 2.45) is 5.92 Å². The van der Waals surface area contributed by atoms with Crippen molar-refractivity contribution >= 4 is 5.91 Å². The number of hydrogen-bond acceptors (Lipinski definition) is 3. The molecule has 0 bridgehead atoms. The van der Waals surface area contributed by atoms with Crippen LogP contribution in [-0.4, -0.2) is 18.6 Å². The summed E-state index contributed by atoms with van der Waals surface area (Å²) in [4.78, 5) is 16.4. The summed E-state index contributed by atoms with van der Waals surface area (Å²) in [6.45, 7) is 0. The minimum absolute atomic E-state index is 0.115. The lowest BCUT2D eigenvalue weighted by atomic mass is 9.70. The van der Waals surface area contributed by atoms with E-state index in [4.69, 9.17) is 4.84 Å². The first-order valence-electron chi connectivity index (χ1n) is 4.09. The van der Waals surface area contributed by atoms with Crippen LogP contribution in [0.2, 0.25) is 0 Å². The van der Waals surface area contributed by atoms with Gasteiger partial charge in [0.2, 0.25) is 5.91 Å². The molecule has 4 heteroatoms. The van der Waals surface area contributed by atoms with E-state index in [1.807, 2.05) is 6.08 Å². The third-order valence-corrected chi connectivity index (χ3v) is 2.52. The van der Waals surface area contributed by atoms with E-state index in [1.54, 1.807) is 13.2 Å². The summed E-state index contributed by atoms with van der Waals surface area (Å²) >= 11 is 0. The highest BCUT2D eigenvalue weighted by Crippen LogP contribution is 2.43. The molecule has 1 amide bonds. The van der Waals surface area contributed by atoms with Crippen LogP contribution in [0.1, 0.15) is 12.8 Å². The summed E-state index contributed by atoms with van der Waals surface area (Å²) in [5.74, 6) is 0.240. The molecular weight excluding hydrogens is 156 g/mol. The van der Waals surface area contributed by atoms with Crippen molar-refractivity contribution in [2.75, 3.05) is 7.05 Å². The van der Waals surface area contributed by atoms with Gasteiger partial charge in [0.25, 0.3) is 0 Å². The third-order valence-electron chi connectivity index (χ3n) is 2.52. The monoisotopic (exact) mass is 168 g/mol. The number of nitrogens with one attached hydrogen (secondary N) is 2. The second kappa shape index (κ2) is 2.48. The van der Waals surface area contributed by atoms with Crippen LogP contribution < -0.4 is 10.8 Å². The Morgan fingerprint density at radius 2 is 2.50 bits per heavy atom. The predicted molar refractivity (Wildman–Crippen MR) is 42.9 cm³/mol. The molecular formula is C8H12N2O2. The molecule has 0 unspecified atom stereocenters. The lowest BCUT2D eigenvalue weighted by Crippen LogP contribution is -2.49. The molecule has 1 spiro atoms. The third kappa shape index (κ3) is 0.992. The molecule has 0 aromatic heterocycles. The lowest BCUT2D eigenvalue weighted by Gasteiger charge is -2.40. The van der Waals surface area contributed by atoms with Gasteiger partial charge < -0.3 is 5.32 Å². The van der Waals surface area contributed by atoms with Gasteiger partial charge in [0.05, 0.1) is 0 Å². The molecule has 1 heterocycles. The van der Waals surface area contributed by atoms with E-state index in [2.05, 4.69) is 10.8 Å². The van der Waals surface area contributed by atoms with E-state index in [0.29, 0.717) is 0 Å². The largest absolute Gasteiger partial charge is 0.359 e. The van der Waals surface area contributed by atoms with Crippen LogP contribution in [0.4, 0.5) is 0 Å². The van der Waals surface area contributed by atoms with Crippen LogP contribution >= 0.6 is 0 Å². The molecule has 2 rings (SSSR count). The van der Waals surface area contributed by atoms with Crippen LogP contribution in [-0.2, 0) is 9.63 Å². The van der Waals surface area contributed by atoms with Gasteiger partial charge >= 0.3 is 0 Å². The molecule has 1 fully saturated rings. The second-order valence-corrected chi connectivity index (χ2v) is 3.34. The molecule has 1 saturated carbocycles. The zero-order chi connectivity index (χ0) is 8.60. The number of hydroxylamine groups is 1. The van der Waals surface area contributed by atoms with Gasteiger partial charge in [-0.3, -0.25) is 15.1 Å². The van der Waals surface area contributed by atoms with Crippen LogP contribution in [0.15, 0.2) is 12.3 Å². The fourth-order valence-electron chi connectivity index (χ4n) is 1.75. The number of rotatable bonds is 1. The highest BCUT2D eigenvalue weighted by atomic mass is 16.7. The Hall–Kier alpha value is -1.03. The van der Waals surface area contributed by atoms with Gasteiger partial charge in [0.15, 0.2) is 0 Å². The molecule has 66 valence electrons. The van der Waals surface area contributed by atoms with Gasteiger partial charge in [0, 0.05) is 19.2 Å². The van der Waals surface area contributed by atoms with Crippen molar-refractivity contribution in [3.63, 3.8) is 0 Å². The van der Waals surface area contributed by atoms with Crippen molar-refractivity contribution < 1.29 is 9.63 Å². The SMILES string of the molecule is CNC(=O)C1CC2(C=CNO2)C1. The topological polar surface area (TPSA) is 50.4 Å². The Labute approximate surface area is 70.9 Å². The molecule has 2 aliphatic rings. The average Bonchev–Trinajstić information content (AvgIpc) is 2.48. The number of hydrogen-bond donors (Lipinski definition) is 2. The summed E-state index contributed by atoms with van der Waals surface area (Å²) in [5, 5.41) is 2.63. The Morgan fingerprint density at radius 1 is 1.75 bits per heavy atom. The molecule has 0 radical (unpaired) electrons. The summed E-state index contributed by atoms with van der Waals surface area (Å²) < 4.78 is 0. The summed E-state index contributed by atoms with van der Waals surface area (Å²) in [6.07, 6.45) is 5.33. The van der Waals surface area contributed by atoms with Crippen LogP contribution in [0.5, 0.6) is 0 Å². The highest BCUT2D eigenvalue weighted by molar-refractivity contribution is 5.79. The summed E-state index contributed by atoms with van der Waals surface area (Å²) in [5.41, 5.74) is 2.50. The van der Waals surface area contributed by atoms with E-state index in [9.17, 15) is 4.79 Å². The smallest absolute Gasteiger partial charge is 0.223 e.